The van der Waals surface area contributed by atoms with Crippen molar-refractivity contribution in [2.24, 2.45) is 0 Å². The Morgan fingerprint density at radius 3 is 2.56 bits per heavy atom. The molecule has 18 heavy (non-hydrogen) atoms. The SMILES string of the molecule is Brc1cc(C(Br)c2ccc3c(c2)CCC3)sc1Br. The Hall–Kier alpha value is 0.360. The van der Waals surface area contributed by atoms with Gasteiger partial charge >= 0.3 is 0 Å². The van der Waals surface area contributed by atoms with Gasteiger partial charge in [0.2, 0.25) is 0 Å². The van der Waals surface area contributed by atoms with E-state index in [1.54, 1.807) is 11.3 Å². The first kappa shape index (κ1) is 13.3. The number of aryl methyl sites for hydroxylation is 2. The summed E-state index contributed by atoms with van der Waals surface area (Å²) in [7, 11) is 0. The highest BCUT2D eigenvalue weighted by Crippen LogP contribution is 2.42. The molecule has 1 unspecified atom stereocenters. The lowest BCUT2D eigenvalue weighted by molar-refractivity contribution is 0.911. The molecule has 0 saturated heterocycles. The van der Waals surface area contributed by atoms with Gasteiger partial charge in [0, 0.05) is 9.35 Å². The van der Waals surface area contributed by atoms with Crippen molar-refractivity contribution in [2.45, 2.75) is 24.1 Å². The molecule has 0 fully saturated rings. The van der Waals surface area contributed by atoms with E-state index in [0.717, 1.165) is 8.26 Å². The third-order valence-electron chi connectivity index (χ3n) is 3.33. The van der Waals surface area contributed by atoms with E-state index in [4.69, 9.17) is 0 Å². The summed E-state index contributed by atoms with van der Waals surface area (Å²) in [4.78, 5) is 1.61. The molecule has 1 aliphatic carbocycles. The summed E-state index contributed by atoms with van der Waals surface area (Å²) < 4.78 is 2.29. The average molecular weight is 451 g/mol. The Labute approximate surface area is 136 Å². The Balaban J connectivity index is 1.94. The molecule has 1 aromatic heterocycles. The molecule has 1 aromatic carbocycles. The van der Waals surface area contributed by atoms with E-state index in [9.17, 15) is 0 Å². The summed E-state index contributed by atoms with van der Waals surface area (Å²) >= 11 is 12.7. The molecule has 3 rings (SSSR count). The fourth-order valence-electron chi connectivity index (χ4n) is 2.40. The van der Waals surface area contributed by atoms with Crippen LogP contribution in [0.25, 0.3) is 0 Å². The highest BCUT2D eigenvalue weighted by molar-refractivity contribution is 9.13. The lowest BCUT2D eigenvalue weighted by atomic mass is 10.0. The fourth-order valence-corrected chi connectivity index (χ4v) is 5.20. The molecule has 0 aliphatic heterocycles. The van der Waals surface area contributed by atoms with Crippen molar-refractivity contribution in [1.82, 2.24) is 0 Å². The summed E-state index contributed by atoms with van der Waals surface area (Å²) in [5, 5.41) is 0. The maximum absolute atomic E-state index is 3.82. The summed E-state index contributed by atoms with van der Waals surface area (Å²) in [5.74, 6) is 0. The van der Waals surface area contributed by atoms with Crippen LogP contribution in [-0.2, 0) is 12.8 Å². The van der Waals surface area contributed by atoms with Crippen molar-refractivity contribution in [1.29, 1.82) is 0 Å². The molecule has 0 N–H and O–H groups in total. The molecule has 4 heteroatoms. The number of thiophene rings is 1. The number of rotatable bonds is 2. The van der Waals surface area contributed by atoms with Crippen molar-refractivity contribution in [2.75, 3.05) is 0 Å². The fraction of sp³-hybridized carbons (Fsp3) is 0.286. The number of halogens is 3. The molecule has 0 nitrogen and oxygen atoms in total. The van der Waals surface area contributed by atoms with Crippen LogP contribution >= 0.6 is 59.1 Å². The predicted octanol–water partition coefficient (Wildman–Crippen LogP) is 6.25. The van der Waals surface area contributed by atoms with Gasteiger partial charge in [-0.1, -0.05) is 34.1 Å². The van der Waals surface area contributed by atoms with Crippen molar-refractivity contribution in [3.05, 3.63) is 54.1 Å². The van der Waals surface area contributed by atoms with Gasteiger partial charge in [-0.15, -0.1) is 11.3 Å². The Morgan fingerprint density at radius 1 is 1.06 bits per heavy atom. The Kier molecular flexibility index (Phi) is 4.00. The van der Waals surface area contributed by atoms with E-state index in [-0.39, 0.29) is 4.83 Å². The molecule has 0 spiro atoms. The third kappa shape index (κ3) is 2.49. The Morgan fingerprint density at radius 2 is 1.83 bits per heavy atom. The van der Waals surface area contributed by atoms with E-state index < -0.39 is 0 Å². The van der Waals surface area contributed by atoms with Crippen LogP contribution in [0.15, 0.2) is 32.5 Å². The molecule has 0 amide bonds. The lowest BCUT2D eigenvalue weighted by Gasteiger charge is -2.10. The molecule has 1 aliphatic rings. The number of alkyl halides is 1. The quantitative estimate of drug-likeness (QED) is 0.474. The molecule has 0 bridgehead atoms. The van der Waals surface area contributed by atoms with Crippen molar-refractivity contribution in [3.8, 4) is 0 Å². The van der Waals surface area contributed by atoms with Gasteiger partial charge in [0.15, 0.2) is 0 Å². The average Bonchev–Trinajstić information content (AvgIpc) is 2.95. The number of hydrogen-bond donors (Lipinski definition) is 0. The van der Waals surface area contributed by atoms with Gasteiger partial charge in [-0.25, -0.2) is 0 Å². The molecular formula is C14H11Br3S. The highest BCUT2D eigenvalue weighted by atomic mass is 79.9. The topological polar surface area (TPSA) is 0 Å². The monoisotopic (exact) mass is 448 g/mol. The smallest absolute Gasteiger partial charge is 0.0843 e. The molecule has 0 radical (unpaired) electrons. The van der Waals surface area contributed by atoms with Gasteiger partial charge in [-0.05, 0) is 73.9 Å². The molecule has 1 heterocycles. The third-order valence-corrected chi connectivity index (χ3v) is 7.98. The van der Waals surface area contributed by atoms with E-state index >= 15 is 0 Å². The van der Waals surface area contributed by atoms with Crippen molar-refractivity contribution in [3.63, 3.8) is 0 Å². The first-order valence-corrected chi connectivity index (χ1v) is 9.17. The molecular weight excluding hydrogens is 440 g/mol. The minimum atomic E-state index is 0.288. The lowest BCUT2D eigenvalue weighted by Crippen LogP contribution is -1.92. The first-order chi connectivity index (χ1) is 8.65. The normalized spacial score (nSPS) is 15.7. The van der Waals surface area contributed by atoms with Gasteiger partial charge in [-0.2, -0.15) is 0 Å². The highest BCUT2D eigenvalue weighted by Gasteiger charge is 2.18. The van der Waals surface area contributed by atoms with Gasteiger partial charge in [0.05, 0.1) is 8.61 Å². The summed E-state index contributed by atoms with van der Waals surface area (Å²) in [6.45, 7) is 0. The van der Waals surface area contributed by atoms with Crippen LogP contribution in [-0.4, -0.2) is 0 Å². The minimum Gasteiger partial charge on any atom is -0.131 e. The van der Waals surface area contributed by atoms with Gasteiger partial charge < -0.3 is 0 Å². The van der Waals surface area contributed by atoms with E-state index in [2.05, 4.69) is 72.1 Å². The zero-order valence-corrected chi connectivity index (χ0v) is 15.1. The van der Waals surface area contributed by atoms with Crippen LogP contribution in [0.2, 0.25) is 0 Å². The van der Waals surface area contributed by atoms with Crippen LogP contribution in [0, 0.1) is 0 Å². The zero-order valence-electron chi connectivity index (χ0n) is 9.55. The van der Waals surface area contributed by atoms with Crippen LogP contribution in [0.3, 0.4) is 0 Å². The number of benzene rings is 1. The second kappa shape index (κ2) is 5.39. The number of fused-ring (bicyclic) bond motifs is 1. The summed E-state index contributed by atoms with van der Waals surface area (Å²) in [5.41, 5.74) is 4.43. The second-order valence-corrected chi connectivity index (χ2v) is 8.69. The maximum Gasteiger partial charge on any atom is 0.0843 e. The largest absolute Gasteiger partial charge is 0.131 e. The molecule has 0 saturated carbocycles. The summed E-state index contributed by atoms with van der Waals surface area (Å²) in [6, 6.07) is 9.10. The second-order valence-electron chi connectivity index (χ2n) is 4.51. The zero-order chi connectivity index (χ0) is 12.7. The summed E-state index contributed by atoms with van der Waals surface area (Å²) in [6.07, 6.45) is 3.79. The predicted molar refractivity (Wildman–Crippen MR) is 89.0 cm³/mol. The molecule has 2 aromatic rings. The van der Waals surface area contributed by atoms with E-state index in [1.807, 2.05) is 0 Å². The molecule has 1 atom stereocenters. The van der Waals surface area contributed by atoms with Crippen LogP contribution < -0.4 is 0 Å². The molecule has 94 valence electrons. The minimum absolute atomic E-state index is 0.288. The Bertz CT molecular complexity index is 569. The van der Waals surface area contributed by atoms with Gasteiger partial charge in [0.1, 0.15) is 0 Å². The standard InChI is InChI=1S/C14H11Br3S/c15-11-7-12(18-14(11)17)13(16)10-5-4-8-2-1-3-9(8)6-10/h4-7,13H,1-3H2. The van der Waals surface area contributed by atoms with Gasteiger partial charge in [0.25, 0.3) is 0 Å². The number of hydrogen-bond acceptors (Lipinski definition) is 1. The van der Waals surface area contributed by atoms with E-state index in [0.29, 0.717) is 0 Å². The van der Waals surface area contributed by atoms with Crippen molar-refractivity contribution >= 4 is 59.1 Å². The van der Waals surface area contributed by atoms with Crippen LogP contribution in [0.5, 0.6) is 0 Å². The van der Waals surface area contributed by atoms with Crippen molar-refractivity contribution < 1.29 is 0 Å². The van der Waals surface area contributed by atoms with E-state index in [1.165, 1.54) is 40.8 Å². The van der Waals surface area contributed by atoms with Gasteiger partial charge in [-0.3, -0.25) is 0 Å². The maximum atomic E-state index is 3.82. The van der Waals surface area contributed by atoms with Crippen LogP contribution in [0.4, 0.5) is 0 Å². The van der Waals surface area contributed by atoms with Crippen LogP contribution in [0.1, 0.15) is 32.8 Å². The first-order valence-electron chi connectivity index (χ1n) is 5.85.